The van der Waals surface area contributed by atoms with E-state index in [1.807, 2.05) is 12.1 Å². The molecule has 1 aliphatic heterocycles. The molecule has 3 rings (SSSR count). The predicted molar refractivity (Wildman–Crippen MR) is 114 cm³/mol. The standard InChI is InChI=1S/C21H27N2OSi.ClH/c1-21(2,3)17-12-8-11-16(19(17)24-25(4)5)18-13-14-9-6-7-10-15(14)20(22)23-18;/h6-12,18H,13H2,1-5H3,(H2,22,23);1H. The van der Waals surface area contributed by atoms with E-state index in [4.69, 9.17) is 15.2 Å². The van der Waals surface area contributed by atoms with Gasteiger partial charge >= 0.3 is 0 Å². The number of hydrogen-bond donors (Lipinski definition) is 1. The first-order valence-electron chi connectivity index (χ1n) is 8.80. The lowest BCUT2D eigenvalue weighted by atomic mass is 9.83. The SMILES string of the molecule is C[Si](C)Oc1c(C2Cc3ccccc3C(N)=N2)cccc1C(C)(C)C.Cl. The third-order valence-corrected chi connectivity index (χ3v) is 5.13. The van der Waals surface area contributed by atoms with Crippen LogP contribution in [0.1, 0.15) is 49.1 Å². The van der Waals surface area contributed by atoms with Gasteiger partial charge in [-0.1, -0.05) is 63.2 Å². The zero-order chi connectivity index (χ0) is 18.2. The smallest absolute Gasteiger partial charge is 0.274 e. The second-order valence-corrected chi connectivity index (χ2v) is 9.90. The second kappa shape index (κ2) is 7.85. The van der Waals surface area contributed by atoms with E-state index >= 15 is 0 Å². The molecule has 0 amide bonds. The van der Waals surface area contributed by atoms with Gasteiger partial charge in [-0.2, -0.15) is 0 Å². The van der Waals surface area contributed by atoms with E-state index in [9.17, 15) is 0 Å². The Bertz CT molecular complexity index is 812. The highest BCUT2D eigenvalue weighted by Crippen LogP contribution is 2.40. The van der Waals surface area contributed by atoms with Crippen LogP contribution in [0.4, 0.5) is 0 Å². The minimum Gasteiger partial charge on any atom is -0.542 e. The minimum atomic E-state index is -0.881. The highest BCUT2D eigenvalue weighted by atomic mass is 35.5. The molecule has 1 radical (unpaired) electrons. The summed E-state index contributed by atoms with van der Waals surface area (Å²) in [4.78, 5) is 4.81. The van der Waals surface area contributed by atoms with Crippen molar-refractivity contribution in [3.8, 4) is 5.75 Å². The highest BCUT2D eigenvalue weighted by molar-refractivity contribution is 6.49. The van der Waals surface area contributed by atoms with Crippen LogP contribution in [0, 0.1) is 0 Å². The number of nitrogens with zero attached hydrogens (tertiary/aromatic N) is 1. The summed E-state index contributed by atoms with van der Waals surface area (Å²) in [5.41, 5.74) is 11.0. The largest absolute Gasteiger partial charge is 0.542 e. The normalized spacial score (nSPS) is 16.5. The number of halogens is 1. The quantitative estimate of drug-likeness (QED) is 0.750. The summed E-state index contributed by atoms with van der Waals surface area (Å²) >= 11 is 0. The lowest BCUT2D eigenvalue weighted by Gasteiger charge is -2.29. The van der Waals surface area contributed by atoms with E-state index in [0.717, 1.165) is 23.3 Å². The molecule has 2 aromatic carbocycles. The molecule has 0 aliphatic carbocycles. The summed E-state index contributed by atoms with van der Waals surface area (Å²) < 4.78 is 6.37. The maximum Gasteiger partial charge on any atom is 0.274 e. The van der Waals surface area contributed by atoms with Crippen molar-refractivity contribution in [1.29, 1.82) is 0 Å². The van der Waals surface area contributed by atoms with Crippen molar-refractivity contribution in [2.75, 3.05) is 0 Å². The fourth-order valence-electron chi connectivity index (χ4n) is 3.34. The number of nitrogens with two attached hydrogens (primary N) is 1. The molecule has 5 heteroatoms. The van der Waals surface area contributed by atoms with Gasteiger partial charge in [-0.15, -0.1) is 12.4 Å². The number of hydrogen-bond acceptors (Lipinski definition) is 3. The third-order valence-electron chi connectivity index (χ3n) is 4.52. The van der Waals surface area contributed by atoms with Crippen LogP contribution < -0.4 is 10.2 Å². The Balaban J connectivity index is 0.00000243. The van der Waals surface area contributed by atoms with Gasteiger partial charge in [-0.3, -0.25) is 4.99 Å². The van der Waals surface area contributed by atoms with Crippen molar-refractivity contribution in [2.24, 2.45) is 10.7 Å². The molecule has 26 heavy (non-hydrogen) atoms. The number of rotatable bonds is 3. The summed E-state index contributed by atoms with van der Waals surface area (Å²) in [6.07, 6.45) is 0.857. The zero-order valence-electron chi connectivity index (χ0n) is 16.2. The van der Waals surface area contributed by atoms with Crippen molar-refractivity contribution >= 4 is 27.3 Å². The van der Waals surface area contributed by atoms with Gasteiger partial charge in [0.1, 0.15) is 11.6 Å². The fourth-order valence-corrected chi connectivity index (χ4v) is 3.98. The maximum absolute atomic E-state index is 6.37. The molecule has 0 bridgehead atoms. The van der Waals surface area contributed by atoms with Gasteiger partial charge in [0.15, 0.2) is 0 Å². The Morgan fingerprint density at radius 1 is 1.08 bits per heavy atom. The summed E-state index contributed by atoms with van der Waals surface area (Å²) in [6.45, 7) is 11.0. The average molecular weight is 388 g/mol. The van der Waals surface area contributed by atoms with Gasteiger partial charge in [0.25, 0.3) is 9.04 Å². The van der Waals surface area contributed by atoms with E-state index in [1.165, 1.54) is 11.1 Å². The van der Waals surface area contributed by atoms with E-state index in [0.29, 0.717) is 5.84 Å². The van der Waals surface area contributed by atoms with Gasteiger partial charge in [-0.05, 0) is 36.1 Å². The fraction of sp³-hybridized carbons (Fsp3) is 0.381. The Kier molecular flexibility index (Phi) is 6.19. The molecule has 1 heterocycles. The van der Waals surface area contributed by atoms with Gasteiger partial charge in [-0.25, -0.2) is 0 Å². The van der Waals surface area contributed by atoms with Crippen molar-refractivity contribution < 1.29 is 4.43 Å². The molecule has 0 saturated heterocycles. The van der Waals surface area contributed by atoms with Crippen molar-refractivity contribution in [1.82, 2.24) is 0 Å². The summed E-state index contributed by atoms with van der Waals surface area (Å²) in [5.74, 6) is 1.63. The number of fused-ring (bicyclic) bond motifs is 1. The number of amidine groups is 1. The molecule has 1 aliphatic rings. The first-order chi connectivity index (χ1) is 11.8. The second-order valence-electron chi connectivity index (χ2n) is 7.88. The predicted octanol–water partition coefficient (Wildman–Crippen LogP) is 5.04. The first-order valence-corrected chi connectivity index (χ1v) is 11.2. The Labute approximate surface area is 164 Å². The van der Waals surface area contributed by atoms with Crippen LogP contribution >= 0.6 is 12.4 Å². The minimum absolute atomic E-state index is 0. The van der Waals surface area contributed by atoms with Crippen LogP contribution in [0.3, 0.4) is 0 Å². The summed E-state index contributed by atoms with van der Waals surface area (Å²) in [6, 6.07) is 14.7. The summed E-state index contributed by atoms with van der Waals surface area (Å²) in [5, 5.41) is 0. The number of aliphatic imine (C=N–C) groups is 1. The van der Waals surface area contributed by atoms with Gasteiger partial charge in [0.2, 0.25) is 0 Å². The molecule has 0 saturated carbocycles. The van der Waals surface area contributed by atoms with Crippen LogP contribution in [-0.4, -0.2) is 14.9 Å². The zero-order valence-corrected chi connectivity index (χ0v) is 18.0. The third kappa shape index (κ3) is 4.13. The molecule has 139 valence electrons. The first kappa shape index (κ1) is 20.5. The van der Waals surface area contributed by atoms with E-state index in [1.54, 1.807) is 0 Å². The molecular weight excluding hydrogens is 360 g/mol. The van der Waals surface area contributed by atoms with Crippen molar-refractivity contribution in [2.45, 2.75) is 51.7 Å². The van der Waals surface area contributed by atoms with Gasteiger partial charge in [0, 0.05) is 11.1 Å². The molecule has 0 aromatic heterocycles. The van der Waals surface area contributed by atoms with Crippen LogP contribution in [0.15, 0.2) is 47.5 Å². The number of benzene rings is 2. The maximum atomic E-state index is 6.37. The molecule has 2 N–H and O–H groups in total. The van der Waals surface area contributed by atoms with Crippen LogP contribution in [0.25, 0.3) is 0 Å². The molecule has 1 atom stereocenters. The van der Waals surface area contributed by atoms with Crippen molar-refractivity contribution in [3.63, 3.8) is 0 Å². The topological polar surface area (TPSA) is 47.6 Å². The van der Waals surface area contributed by atoms with Crippen LogP contribution in [-0.2, 0) is 11.8 Å². The summed E-state index contributed by atoms with van der Waals surface area (Å²) in [7, 11) is -0.881. The Hall–Kier alpha value is -1.78. The molecule has 0 fully saturated rings. The van der Waals surface area contributed by atoms with E-state index in [-0.39, 0.29) is 23.9 Å². The van der Waals surface area contributed by atoms with Crippen LogP contribution in [0.2, 0.25) is 13.1 Å². The van der Waals surface area contributed by atoms with Crippen LogP contribution in [0.5, 0.6) is 5.75 Å². The lowest BCUT2D eigenvalue weighted by molar-refractivity contribution is 0.506. The molecule has 3 nitrogen and oxygen atoms in total. The lowest BCUT2D eigenvalue weighted by Crippen LogP contribution is -2.25. The number of para-hydroxylation sites is 1. The molecule has 0 spiro atoms. The molecule has 2 aromatic rings. The molecular formula is C21H28ClN2OSi. The Morgan fingerprint density at radius 2 is 1.77 bits per heavy atom. The van der Waals surface area contributed by atoms with Gasteiger partial charge in [0.05, 0.1) is 6.04 Å². The monoisotopic (exact) mass is 387 g/mol. The Morgan fingerprint density at radius 3 is 2.42 bits per heavy atom. The van der Waals surface area contributed by atoms with Crippen molar-refractivity contribution in [3.05, 3.63) is 64.7 Å². The van der Waals surface area contributed by atoms with Gasteiger partial charge < -0.3 is 10.2 Å². The average Bonchev–Trinajstić information content (AvgIpc) is 2.53. The highest BCUT2D eigenvalue weighted by Gasteiger charge is 2.28. The van der Waals surface area contributed by atoms with E-state index < -0.39 is 9.04 Å². The van der Waals surface area contributed by atoms with E-state index in [2.05, 4.69) is 64.2 Å². The molecule has 1 unspecified atom stereocenters.